The quantitative estimate of drug-likeness (QED) is 0.494. The van der Waals surface area contributed by atoms with Gasteiger partial charge in [-0.25, -0.2) is 0 Å². The fourth-order valence-corrected chi connectivity index (χ4v) is 3.36. The van der Waals surface area contributed by atoms with Crippen molar-refractivity contribution in [1.82, 2.24) is 5.32 Å². The van der Waals surface area contributed by atoms with Crippen LogP contribution in [0.1, 0.15) is 16.7 Å². The number of carbonyl (C=O) groups is 2. The number of nitrogens with one attached hydrogen (secondary N) is 1. The molecule has 138 valence electrons. The molecule has 0 spiro atoms. The van der Waals surface area contributed by atoms with E-state index in [0.29, 0.717) is 12.2 Å². The molecule has 1 atom stereocenters. The number of anilines is 1. The Morgan fingerprint density at radius 3 is 2.44 bits per heavy atom. The third-order valence-electron chi connectivity index (χ3n) is 4.29. The Kier molecular flexibility index (Phi) is 5.76. The average molecular weight is 379 g/mol. The molecule has 2 aromatic rings. The summed E-state index contributed by atoms with van der Waals surface area (Å²) in [6.45, 7) is 4.42. The van der Waals surface area contributed by atoms with E-state index in [4.69, 9.17) is 12.2 Å². The Labute approximate surface area is 164 Å². The van der Waals surface area contributed by atoms with Crippen molar-refractivity contribution >= 4 is 41.0 Å². The minimum atomic E-state index is -0.978. The number of hydrogen-bond acceptors (Lipinski definition) is 4. The normalized spacial score (nSPS) is 17.5. The Bertz CT molecular complexity index is 889. The summed E-state index contributed by atoms with van der Waals surface area (Å²) in [7, 11) is 0. The second-order valence-electron chi connectivity index (χ2n) is 6.58. The highest BCUT2D eigenvalue weighted by atomic mass is 32.1. The van der Waals surface area contributed by atoms with Crippen LogP contribution in [0.3, 0.4) is 0 Å². The van der Waals surface area contributed by atoms with Gasteiger partial charge in [-0.1, -0.05) is 36.4 Å². The number of carbonyl (C=O) groups excluding carboxylic acids is 2. The van der Waals surface area contributed by atoms with Gasteiger partial charge < -0.3 is 5.32 Å². The van der Waals surface area contributed by atoms with Gasteiger partial charge in [0.25, 0.3) is 5.91 Å². The van der Waals surface area contributed by atoms with Crippen molar-refractivity contribution in [2.75, 3.05) is 11.4 Å². The molecular weight excluding hydrogens is 358 g/mol. The number of thiocarbonyl (C=S) groups is 1. The molecule has 2 aromatic carbocycles. The van der Waals surface area contributed by atoms with E-state index in [0.717, 1.165) is 23.1 Å². The van der Waals surface area contributed by atoms with E-state index in [1.807, 2.05) is 62.4 Å². The molecule has 2 amide bonds. The van der Waals surface area contributed by atoms with Crippen molar-refractivity contribution in [3.63, 3.8) is 0 Å². The SMILES string of the molecule is Cc1cc(C)cc(N2C(=O)[C@H](C=NCCc3ccccc3)C(=O)NC2=S)c1. The first-order chi connectivity index (χ1) is 13.0. The Balaban J connectivity index is 1.75. The second kappa shape index (κ2) is 8.22. The predicted octanol–water partition coefficient (Wildman–Crippen LogP) is 2.98. The van der Waals surface area contributed by atoms with E-state index in [9.17, 15) is 9.59 Å². The van der Waals surface area contributed by atoms with Gasteiger partial charge in [0, 0.05) is 12.8 Å². The van der Waals surface area contributed by atoms with Crippen molar-refractivity contribution in [3.05, 3.63) is 65.2 Å². The maximum absolute atomic E-state index is 12.9. The molecule has 1 saturated heterocycles. The minimum Gasteiger partial charge on any atom is -0.301 e. The predicted molar refractivity (Wildman–Crippen MR) is 111 cm³/mol. The summed E-state index contributed by atoms with van der Waals surface area (Å²) in [6.07, 6.45) is 2.18. The van der Waals surface area contributed by atoms with E-state index in [2.05, 4.69) is 10.3 Å². The molecule has 1 aliphatic rings. The molecule has 1 aliphatic heterocycles. The van der Waals surface area contributed by atoms with Crippen LogP contribution in [0, 0.1) is 19.8 Å². The zero-order valence-electron chi connectivity index (χ0n) is 15.3. The van der Waals surface area contributed by atoms with E-state index in [-0.39, 0.29) is 11.0 Å². The molecule has 6 heteroatoms. The zero-order valence-corrected chi connectivity index (χ0v) is 16.1. The highest BCUT2D eigenvalue weighted by Crippen LogP contribution is 2.23. The topological polar surface area (TPSA) is 61.8 Å². The third-order valence-corrected chi connectivity index (χ3v) is 4.58. The van der Waals surface area contributed by atoms with Crippen molar-refractivity contribution in [3.8, 4) is 0 Å². The molecular formula is C21H21N3O2S. The fraction of sp³-hybridized carbons (Fsp3) is 0.238. The molecule has 5 nitrogen and oxygen atoms in total. The van der Waals surface area contributed by atoms with E-state index < -0.39 is 11.8 Å². The summed E-state index contributed by atoms with van der Waals surface area (Å²) >= 11 is 5.23. The number of hydrogen-bond donors (Lipinski definition) is 1. The largest absolute Gasteiger partial charge is 0.301 e. The first kappa shape index (κ1) is 18.9. The average Bonchev–Trinajstić information content (AvgIpc) is 2.60. The third kappa shape index (κ3) is 4.46. The number of aliphatic imine (C=N–C) groups is 1. The fourth-order valence-electron chi connectivity index (χ4n) is 3.06. The lowest BCUT2D eigenvalue weighted by atomic mass is 10.0. The summed E-state index contributed by atoms with van der Waals surface area (Å²) in [6, 6.07) is 15.7. The molecule has 0 saturated carbocycles. The van der Waals surface area contributed by atoms with Gasteiger partial charge in [-0.15, -0.1) is 0 Å². The number of rotatable bonds is 5. The molecule has 0 bridgehead atoms. The Morgan fingerprint density at radius 2 is 1.78 bits per heavy atom. The maximum atomic E-state index is 12.9. The van der Waals surface area contributed by atoms with E-state index >= 15 is 0 Å². The van der Waals surface area contributed by atoms with Gasteiger partial charge in [0.2, 0.25) is 5.91 Å². The summed E-state index contributed by atoms with van der Waals surface area (Å²) in [5.41, 5.74) is 3.86. The summed E-state index contributed by atoms with van der Waals surface area (Å²) in [5.74, 6) is -1.79. The van der Waals surface area contributed by atoms with Crippen molar-refractivity contribution in [2.24, 2.45) is 10.9 Å². The summed E-state index contributed by atoms with van der Waals surface area (Å²) in [5, 5.41) is 2.71. The number of amides is 2. The molecule has 3 rings (SSSR count). The van der Waals surface area contributed by atoms with Crippen LogP contribution in [-0.2, 0) is 16.0 Å². The minimum absolute atomic E-state index is 0.101. The van der Waals surface area contributed by atoms with Gasteiger partial charge in [0.05, 0.1) is 5.69 Å². The Hall–Kier alpha value is -2.86. The molecule has 0 radical (unpaired) electrons. The van der Waals surface area contributed by atoms with Crippen LogP contribution in [-0.4, -0.2) is 29.7 Å². The lowest BCUT2D eigenvalue weighted by Gasteiger charge is -2.31. The maximum Gasteiger partial charge on any atom is 0.251 e. The van der Waals surface area contributed by atoms with Crippen LogP contribution < -0.4 is 10.2 Å². The van der Waals surface area contributed by atoms with Gasteiger partial charge in [-0.2, -0.15) is 0 Å². The van der Waals surface area contributed by atoms with Crippen LogP contribution >= 0.6 is 12.2 Å². The number of nitrogens with zero attached hydrogens (tertiary/aromatic N) is 2. The van der Waals surface area contributed by atoms with Crippen LogP contribution in [0.25, 0.3) is 0 Å². The lowest BCUT2D eigenvalue weighted by Crippen LogP contribution is -2.58. The van der Waals surface area contributed by atoms with Crippen LogP contribution in [0.15, 0.2) is 53.5 Å². The van der Waals surface area contributed by atoms with Crippen LogP contribution in [0.4, 0.5) is 5.69 Å². The molecule has 0 aromatic heterocycles. The number of benzene rings is 2. The summed E-state index contributed by atoms with van der Waals surface area (Å²) < 4.78 is 0. The van der Waals surface area contributed by atoms with Crippen molar-refractivity contribution in [1.29, 1.82) is 0 Å². The van der Waals surface area contributed by atoms with Gasteiger partial charge >= 0.3 is 0 Å². The first-order valence-corrected chi connectivity index (χ1v) is 9.17. The first-order valence-electron chi connectivity index (χ1n) is 8.76. The zero-order chi connectivity index (χ0) is 19.4. The van der Waals surface area contributed by atoms with Crippen molar-refractivity contribution < 1.29 is 9.59 Å². The van der Waals surface area contributed by atoms with Crippen LogP contribution in [0.2, 0.25) is 0 Å². The molecule has 0 aliphatic carbocycles. The molecule has 27 heavy (non-hydrogen) atoms. The Morgan fingerprint density at radius 1 is 1.11 bits per heavy atom. The monoisotopic (exact) mass is 379 g/mol. The molecule has 1 fully saturated rings. The summed E-state index contributed by atoms with van der Waals surface area (Å²) in [4.78, 5) is 30.9. The van der Waals surface area contributed by atoms with Crippen molar-refractivity contribution in [2.45, 2.75) is 20.3 Å². The smallest absolute Gasteiger partial charge is 0.251 e. The standard InChI is InChI=1S/C21H21N3O2S/c1-14-10-15(2)12-17(11-14)24-20(26)18(19(25)23-21(24)27)13-22-9-8-16-6-4-3-5-7-16/h3-7,10-13,18H,8-9H2,1-2H3,(H,23,25,27)/t18-/m1/s1. The van der Waals surface area contributed by atoms with Gasteiger partial charge in [-0.3, -0.25) is 19.5 Å². The number of aryl methyl sites for hydroxylation is 2. The van der Waals surface area contributed by atoms with Gasteiger partial charge in [-0.05, 0) is 61.3 Å². The lowest BCUT2D eigenvalue weighted by molar-refractivity contribution is -0.130. The second-order valence-corrected chi connectivity index (χ2v) is 6.97. The van der Waals surface area contributed by atoms with Gasteiger partial charge in [0.1, 0.15) is 0 Å². The molecule has 0 unspecified atom stereocenters. The van der Waals surface area contributed by atoms with Crippen LogP contribution in [0.5, 0.6) is 0 Å². The van der Waals surface area contributed by atoms with Gasteiger partial charge in [0.15, 0.2) is 11.0 Å². The van der Waals surface area contributed by atoms with E-state index in [1.165, 1.54) is 11.1 Å². The highest BCUT2D eigenvalue weighted by molar-refractivity contribution is 7.80. The highest BCUT2D eigenvalue weighted by Gasteiger charge is 2.38. The molecule has 1 N–H and O–H groups in total. The van der Waals surface area contributed by atoms with E-state index in [1.54, 1.807) is 0 Å². The molecule has 1 heterocycles.